The van der Waals surface area contributed by atoms with Crippen LogP contribution in [0.1, 0.15) is 71.0 Å². The number of amides is 2. The molecule has 44 heavy (non-hydrogen) atoms. The number of nitrogens with zero attached hydrogens (tertiary/aromatic N) is 3. The molecule has 0 aliphatic carbocycles. The minimum absolute atomic E-state index is 0.0463. The summed E-state index contributed by atoms with van der Waals surface area (Å²) >= 11 is 0. The zero-order chi connectivity index (χ0) is 31.8. The van der Waals surface area contributed by atoms with Gasteiger partial charge in [-0.3, -0.25) is 9.59 Å². The number of hydrogen-bond donors (Lipinski definition) is 3. The molecule has 2 aliphatic heterocycles. The number of methoxy groups -OCH3 is 1. The minimum Gasteiger partial charge on any atom is -0.495 e. The Kier molecular flexibility index (Phi) is 8.43. The fraction of sp³-hybridized carbons (Fsp3) is 0.419. The second-order valence-electron chi connectivity index (χ2n) is 11.3. The van der Waals surface area contributed by atoms with E-state index < -0.39 is 23.2 Å². The summed E-state index contributed by atoms with van der Waals surface area (Å²) in [7, 11) is 3.05. The number of benzene rings is 2. The van der Waals surface area contributed by atoms with Crippen molar-refractivity contribution in [1.29, 1.82) is 0 Å². The highest BCUT2D eigenvalue weighted by Crippen LogP contribution is 2.44. The highest BCUT2D eigenvalue weighted by Gasteiger charge is 2.43. The summed E-state index contributed by atoms with van der Waals surface area (Å²) < 4.78 is 53.4. The van der Waals surface area contributed by atoms with Gasteiger partial charge in [-0.25, -0.2) is 4.98 Å². The van der Waals surface area contributed by atoms with Gasteiger partial charge in [0.1, 0.15) is 17.1 Å². The van der Waals surface area contributed by atoms with Crippen LogP contribution in [-0.4, -0.2) is 60.0 Å². The molecule has 2 aliphatic rings. The molecule has 1 fully saturated rings. The van der Waals surface area contributed by atoms with Crippen LogP contribution < -0.4 is 25.4 Å². The molecule has 13 heteroatoms. The molecular weight excluding hydrogens is 577 g/mol. The highest BCUT2D eigenvalue weighted by atomic mass is 19.4. The third-order valence-corrected chi connectivity index (χ3v) is 8.28. The number of ether oxygens (including phenoxy) is 2. The summed E-state index contributed by atoms with van der Waals surface area (Å²) in [6.45, 7) is 7.23. The largest absolute Gasteiger partial charge is 0.495 e. The lowest BCUT2D eigenvalue weighted by molar-refractivity contribution is -0.139. The Morgan fingerprint density at radius 3 is 2.57 bits per heavy atom. The number of aromatic nitrogens is 2. The SMILES string of the molecule is CCc1cc(Nc2ncc(C(F)(F)F)c(Oc3cccc4c3C(=O)N(C)C4(C)C)n2)c(OC)cc1C(=O)NC1CCNCC1. The van der Waals surface area contributed by atoms with Gasteiger partial charge in [-0.2, -0.15) is 18.2 Å². The predicted molar refractivity (Wildman–Crippen MR) is 158 cm³/mol. The molecule has 5 rings (SSSR count). The molecule has 2 aromatic carbocycles. The second kappa shape index (κ2) is 11.9. The number of piperidine rings is 1. The Balaban J connectivity index is 1.48. The molecule has 3 N–H and O–H groups in total. The molecule has 3 aromatic rings. The average Bonchev–Trinajstić information content (AvgIpc) is 3.17. The van der Waals surface area contributed by atoms with Gasteiger partial charge < -0.3 is 30.3 Å². The predicted octanol–water partition coefficient (Wildman–Crippen LogP) is 5.40. The fourth-order valence-electron chi connectivity index (χ4n) is 5.50. The number of rotatable bonds is 8. The third-order valence-electron chi connectivity index (χ3n) is 8.28. The van der Waals surface area contributed by atoms with Gasteiger partial charge in [0.15, 0.2) is 0 Å². The van der Waals surface area contributed by atoms with Gasteiger partial charge in [0.05, 0.1) is 23.9 Å². The van der Waals surface area contributed by atoms with E-state index in [0.29, 0.717) is 35.0 Å². The van der Waals surface area contributed by atoms with E-state index in [1.54, 1.807) is 31.3 Å². The van der Waals surface area contributed by atoms with E-state index in [0.717, 1.165) is 25.9 Å². The van der Waals surface area contributed by atoms with Crippen molar-refractivity contribution in [1.82, 2.24) is 25.5 Å². The van der Waals surface area contributed by atoms with Crippen molar-refractivity contribution in [3.63, 3.8) is 0 Å². The molecule has 3 heterocycles. The maximum atomic E-state index is 14.0. The molecule has 2 amide bonds. The number of halogens is 3. The Morgan fingerprint density at radius 2 is 1.91 bits per heavy atom. The monoisotopic (exact) mass is 612 g/mol. The molecule has 0 radical (unpaired) electrons. The average molecular weight is 613 g/mol. The Labute approximate surface area is 253 Å². The number of alkyl halides is 3. The molecule has 0 spiro atoms. The first kappa shape index (κ1) is 31.0. The number of fused-ring (bicyclic) bond motifs is 1. The van der Waals surface area contributed by atoms with Crippen LogP contribution in [0, 0.1) is 0 Å². The van der Waals surface area contributed by atoms with Crippen molar-refractivity contribution in [3.05, 3.63) is 64.3 Å². The summed E-state index contributed by atoms with van der Waals surface area (Å²) in [5, 5.41) is 9.27. The standard InChI is InChI=1S/C31H35F3N6O4/c1-6-17-14-22(24(43-5)15-19(17)26(41)37-18-10-12-35-13-11-18)38-29-36-16-21(31(32,33)34)27(39-29)44-23-9-7-8-20-25(23)28(42)40(4)30(20,2)3/h7-9,14-16,18,35H,6,10-13H2,1-5H3,(H,37,41)(H,36,38,39). The number of aryl methyl sites for hydroxylation is 1. The number of carbonyl (C=O) groups is 2. The summed E-state index contributed by atoms with van der Waals surface area (Å²) in [5.41, 5.74) is 0.423. The van der Waals surface area contributed by atoms with Crippen LogP contribution in [0.2, 0.25) is 0 Å². The first-order chi connectivity index (χ1) is 20.8. The first-order valence-electron chi connectivity index (χ1n) is 14.4. The van der Waals surface area contributed by atoms with E-state index in [4.69, 9.17) is 9.47 Å². The van der Waals surface area contributed by atoms with Crippen LogP contribution in [0.15, 0.2) is 36.5 Å². The molecule has 0 saturated carbocycles. The van der Waals surface area contributed by atoms with Crippen LogP contribution in [0.4, 0.5) is 24.8 Å². The van der Waals surface area contributed by atoms with Gasteiger partial charge >= 0.3 is 6.18 Å². The van der Waals surface area contributed by atoms with Crippen LogP contribution in [-0.2, 0) is 18.1 Å². The summed E-state index contributed by atoms with van der Waals surface area (Å²) in [6, 6.07) is 8.15. The van der Waals surface area contributed by atoms with Gasteiger partial charge in [0.2, 0.25) is 11.8 Å². The minimum atomic E-state index is -4.83. The van der Waals surface area contributed by atoms with Crippen LogP contribution in [0.5, 0.6) is 17.4 Å². The van der Waals surface area contributed by atoms with Gasteiger partial charge in [0, 0.05) is 24.8 Å². The molecule has 10 nitrogen and oxygen atoms in total. The molecule has 1 aromatic heterocycles. The number of anilines is 2. The van der Waals surface area contributed by atoms with E-state index in [2.05, 4.69) is 25.9 Å². The van der Waals surface area contributed by atoms with Crippen molar-refractivity contribution in [2.75, 3.05) is 32.6 Å². The van der Waals surface area contributed by atoms with Gasteiger partial charge in [-0.05, 0) is 75.5 Å². The Bertz CT molecular complexity index is 1590. The van der Waals surface area contributed by atoms with E-state index in [-0.39, 0.29) is 40.9 Å². The number of nitrogens with one attached hydrogen (secondary N) is 3. The zero-order valence-electron chi connectivity index (χ0n) is 25.2. The normalized spacial score (nSPS) is 16.5. The van der Waals surface area contributed by atoms with E-state index in [1.165, 1.54) is 18.1 Å². The molecular formula is C31H35F3N6O4. The number of hydrogen-bond acceptors (Lipinski definition) is 8. The Morgan fingerprint density at radius 1 is 1.18 bits per heavy atom. The molecule has 1 saturated heterocycles. The lowest BCUT2D eigenvalue weighted by atomic mass is 9.94. The van der Waals surface area contributed by atoms with Crippen molar-refractivity contribution in [2.45, 2.75) is 57.8 Å². The van der Waals surface area contributed by atoms with Gasteiger partial charge in [-0.1, -0.05) is 19.1 Å². The van der Waals surface area contributed by atoms with Gasteiger partial charge in [0.25, 0.3) is 11.8 Å². The smallest absolute Gasteiger partial charge is 0.423 e. The van der Waals surface area contributed by atoms with Crippen molar-refractivity contribution in [2.24, 2.45) is 0 Å². The van der Waals surface area contributed by atoms with E-state index >= 15 is 0 Å². The maximum Gasteiger partial charge on any atom is 0.423 e. The maximum absolute atomic E-state index is 14.0. The molecule has 0 unspecified atom stereocenters. The van der Waals surface area contributed by atoms with Crippen LogP contribution in [0.3, 0.4) is 0 Å². The van der Waals surface area contributed by atoms with Gasteiger partial charge in [-0.15, -0.1) is 0 Å². The van der Waals surface area contributed by atoms with Crippen LogP contribution in [0.25, 0.3) is 0 Å². The van der Waals surface area contributed by atoms with E-state index in [9.17, 15) is 22.8 Å². The van der Waals surface area contributed by atoms with E-state index in [1.807, 2.05) is 20.8 Å². The van der Waals surface area contributed by atoms with Crippen molar-refractivity contribution < 1.29 is 32.2 Å². The van der Waals surface area contributed by atoms with Crippen molar-refractivity contribution >= 4 is 23.5 Å². The lowest BCUT2D eigenvalue weighted by Crippen LogP contribution is -2.42. The lowest BCUT2D eigenvalue weighted by Gasteiger charge is -2.28. The zero-order valence-corrected chi connectivity index (χ0v) is 25.2. The summed E-state index contributed by atoms with van der Waals surface area (Å²) in [4.78, 5) is 35.7. The summed E-state index contributed by atoms with van der Waals surface area (Å²) in [5.74, 6) is -1.33. The van der Waals surface area contributed by atoms with Crippen LogP contribution >= 0.6 is 0 Å². The highest BCUT2D eigenvalue weighted by molar-refractivity contribution is 6.02. The number of carbonyl (C=O) groups excluding carboxylic acids is 2. The fourth-order valence-corrected chi connectivity index (χ4v) is 5.50. The Hall–Kier alpha value is -4.39. The topological polar surface area (TPSA) is 118 Å². The second-order valence-corrected chi connectivity index (χ2v) is 11.3. The summed E-state index contributed by atoms with van der Waals surface area (Å²) in [6.07, 6.45) is -2.04. The molecule has 234 valence electrons. The molecule has 0 bridgehead atoms. The quantitative estimate of drug-likeness (QED) is 0.310. The first-order valence-corrected chi connectivity index (χ1v) is 14.4. The third kappa shape index (κ3) is 5.88. The van der Waals surface area contributed by atoms with Crippen molar-refractivity contribution in [3.8, 4) is 17.4 Å². The molecule has 0 atom stereocenters.